The van der Waals surface area contributed by atoms with Crippen molar-refractivity contribution in [1.29, 1.82) is 0 Å². The highest BCUT2D eigenvalue weighted by atomic mass is 16.5. The van der Waals surface area contributed by atoms with Crippen molar-refractivity contribution in [3.05, 3.63) is 30.3 Å². The van der Waals surface area contributed by atoms with Crippen LogP contribution in [-0.2, 0) is 0 Å². The number of hydrogen-bond donors (Lipinski definition) is 0. The summed E-state index contributed by atoms with van der Waals surface area (Å²) in [6, 6.07) is 10.3. The Balaban J connectivity index is 1.91. The molecule has 0 fully saturated rings. The molecule has 0 heterocycles. The van der Waals surface area contributed by atoms with Gasteiger partial charge in [-0.25, -0.2) is 0 Å². The molecule has 3 heteroatoms. The minimum Gasteiger partial charge on any atom is -0.493 e. The van der Waals surface area contributed by atoms with Crippen molar-refractivity contribution in [2.45, 2.75) is 104 Å². The van der Waals surface area contributed by atoms with E-state index in [2.05, 4.69) is 38.1 Å². The average Bonchev–Trinajstić information content (AvgIpc) is 2.82. The molecule has 2 aromatic rings. The molecule has 32 heavy (non-hydrogen) atoms. The molecule has 0 aliphatic carbocycles. The molecule has 0 aromatic heterocycles. The number of ether oxygens (including phenoxy) is 3. The monoisotopic (exact) mass is 442 g/mol. The Morgan fingerprint density at radius 1 is 0.562 bits per heavy atom. The van der Waals surface area contributed by atoms with Crippen LogP contribution in [0.15, 0.2) is 30.3 Å². The van der Waals surface area contributed by atoms with Crippen LogP contribution in [0.4, 0.5) is 0 Å². The lowest BCUT2D eigenvalue weighted by molar-refractivity contribution is 0.283. The predicted molar refractivity (Wildman–Crippen MR) is 137 cm³/mol. The lowest BCUT2D eigenvalue weighted by atomic mass is 10.1. The number of benzene rings is 2. The second kappa shape index (κ2) is 16.7. The van der Waals surface area contributed by atoms with Crippen LogP contribution in [0.1, 0.15) is 104 Å². The molecule has 0 radical (unpaired) electrons. The summed E-state index contributed by atoms with van der Waals surface area (Å²) in [6.07, 6.45) is 17.9. The van der Waals surface area contributed by atoms with E-state index in [0.29, 0.717) is 0 Å². The lowest BCUT2D eigenvalue weighted by Gasteiger charge is -2.16. The number of rotatable bonds is 19. The third-order valence-electron chi connectivity index (χ3n) is 6.14. The first-order valence-electron chi connectivity index (χ1n) is 13.2. The van der Waals surface area contributed by atoms with Crippen LogP contribution in [0.2, 0.25) is 0 Å². The summed E-state index contributed by atoms with van der Waals surface area (Å²) in [6.45, 7) is 5.99. The van der Waals surface area contributed by atoms with Gasteiger partial charge in [0.2, 0.25) is 0 Å². The fourth-order valence-electron chi connectivity index (χ4n) is 4.19. The molecule has 2 rings (SSSR count). The lowest BCUT2D eigenvalue weighted by Crippen LogP contribution is -2.03. The van der Waals surface area contributed by atoms with Gasteiger partial charge in [-0.05, 0) is 30.4 Å². The molecule has 0 bridgehead atoms. The van der Waals surface area contributed by atoms with Gasteiger partial charge in [0, 0.05) is 0 Å². The SMILES string of the molecule is CCCCCCCCCOc1cccc2ccc(OC)c(OCCCCCCCCC)c12. The standard InChI is InChI=1S/C29H46O3/c1-4-6-8-10-12-14-16-23-31-26-20-18-19-25-21-22-27(30-3)29(28(25)26)32-24-17-15-13-11-9-7-5-2/h18-22H,4-17,23-24H2,1-3H3. The van der Waals surface area contributed by atoms with Crippen molar-refractivity contribution in [2.75, 3.05) is 20.3 Å². The number of fused-ring (bicyclic) bond motifs is 1. The van der Waals surface area contributed by atoms with Gasteiger partial charge < -0.3 is 14.2 Å². The van der Waals surface area contributed by atoms with Gasteiger partial charge in [0.15, 0.2) is 11.5 Å². The minimum atomic E-state index is 0.718. The van der Waals surface area contributed by atoms with E-state index in [9.17, 15) is 0 Å². The molecule has 2 aromatic carbocycles. The Morgan fingerprint density at radius 3 is 1.72 bits per heavy atom. The fourth-order valence-corrected chi connectivity index (χ4v) is 4.19. The number of unbranched alkanes of at least 4 members (excludes halogenated alkanes) is 12. The summed E-state index contributed by atoms with van der Waals surface area (Å²) < 4.78 is 18.2. The maximum absolute atomic E-state index is 6.29. The summed E-state index contributed by atoms with van der Waals surface area (Å²) in [5.41, 5.74) is 0. The van der Waals surface area contributed by atoms with Crippen LogP contribution in [0, 0.1) is 0 Å². The van der Waals surface area contributed by atoms with Gasteiger partial charge in [-0.3, -0.25) is 0 Å². The largest absolute Gasteiger partial charge is 0.493 e. The molecule has 0 aliphatic heterocycles. The molecule has 0 saturated carbocycles. The summed E-state index contributed by atoms with van der Waals surface area (Å²) >= 11 is 0. The summed E-state index contributed by atoms with van der Waals surface area (Å²) in [7, 11) is 1.71. The van der Waals surface area contributed by atoms with Crippen LogP contribution >= 0.6 is 0 Å². The van der Waals surface area contributed by atoms with Gasteiger partial charge in [0.05, 0.1) is 25.7 Å². The molecular formula is C29H46O3. The van der Waals surface area contributed by atoms with Crippen molar-refractivity contribution >= 4 is 10.8 Å². The Bertz CT molecular complexity index is 741. The third kappa shape index (κ3) is 9.30. The summed E-state index contributed by atoms with van der Waals surface area (Å²) in [5.74, 6) is 2.51. The molecule has 3 nitrogen and oxygen atoms in total. The summed E-state index contributed by atoms with van der Waals surface area (Å²) in [5, 5.41) is 2.18. The van der Waals surface area contributed by atoms with Gasteiger partial charge >= 0.3 is 0 Å². The Kier molecular flexibility index (Phi) is 13.7. The van der Waals surface area contributed by atoms with Gasteiger partial charge in [-0.15, -0.1) is 0 Å². The Labute approximate surface area is 196 Å². The molecular weight excluding hydrogens is 396 g/mol. The quantitative estimate of drug-likeness (QED) is 0.203. The number of hydrogen-bond acceptors (Lipinski definition) is 3. The summed E-state index contributed by atoms with van der Waals surface area (Å²) in [4.78, 5) is 0. The highest BCUT2D eigenvalue weighted by Crippen LogP contribution is 2.41. The third-order valence-corrected chi connectivity index (χ3v) is 6.14. The van der Waals surface area contributed by atoms with Gasteiger partial charge in [0.25, 0.3) is 0 Å². The Morgan fingerprint density at radius 2 is 1.12 bits per heavy atom. The van der Waals surface area contributed by atoms with E-state index in [0.717, 1.165) is 54.1 Å². The van der Waals surface area contributed by atoms with E-state index < -0.39 is 0 Å². The van der Waals surface area contributed by atoms with E-state index in [1.54, 1.807) is 7.11 Å². The van der Waals surface area contributed by atoms with Gasteiger partial charge in [-0.1, -0.05) is 109 Å². The average molecular weight is 443 g/mol. The van der Waals surface area contributed by atoms with Gasteiger partial charge in [-0.2, -0.15) is 0 Å². The zero-order chi connectivity index (χ0) is 22.9. The molecule has 0 atom stereocenters. The van der Waals surface area contributed by atoms with E-state index in [1.807, 2.05) is 6.07 Å². The van der Waals surface area contributed by atoms with Crippen LogP contribution in [0.5, 0.6) is 17.2 Å². The molecule has 0 N–H and O–H groups in total. The van der Waals surface area contributed by atoms with Crippen LogP contribution in [-0.4, -0.2) is 20.3 Å². The van der Waals surface area contributed by atoms with Crippen molar-refractivity contribution in [1.82, 2.24) is 0 Å². The highest BCUT2D eigenvalue weighted by molar-refractivity contribution is 5.95. The van der Waals surface area contributed by atoms with Crippen molar-refractivity contribution < 1.29 is 14.2 Å². The van der Waals surface area contributed by atoms with E-state index in [-0.39, 0.29) is 0 Å². The smallest absolute Gasteiger partial charge is 0.172 e. The zero-order valence-corrected chi connectivity index (χ0v) is 20.9. The first-order valence-corrected chi connectivity index (χ1v) is 13.2. The normalized spacial score (nSPS) is 11.1. The van der Waals surface area contributed by atoms with Crippen molar-refractivity contribution in [2.24, 2.45) is 0 Å². The van der Waals surface area contributed by atoms with Crippen LogP contribution in [0.25, 0.3) is 10.8 Å². The van der Waals surface area contributed by atoms with Crippen LogP contribution < -0.4 is 14.2 Å². The van der Waals surface area contributed by atoms with Crippen molar-refractivity contribution in [3.63, 3.8) is 0 Å². The molecule has 180 valence electrons. The second-order valence-corrected chi connectivity index (χ2v) is 8.89. The fraction of sp³-hybridized carbons (Fsp3) is 0.655. The predicted octanol–water partition coefficient (Wildman–Crippen LogP) is 9.11. The highest BCUT2D eigenvalue weighted by Gasteiger charge is 2.14. The molecule has 0 aliphatic rings. The first kappa shape index (κ1) is 26.4. The second-order valence-electron chi connectivity index (χ2n) is 8.89. The number of methoxy groups -OCH3 is 1. The van der Waals surface area contributed by atoms with E-state index >= 15 is 0 Å². The van der Waals surface area contributed by atoms with Crippen LogP contribution in [0.3, 0.4) is 0 Å². The first-order chi connectivity index (χ1) is 15.8. The molecule has 0 amide bonds. The molecule has 0 spiro atoms. The molecule has 0 unspecified atom stereocenters. The zero-order valence-electron chi connectivity index (χ0n) is 20.9. The maximum Gasteiger partial charge on any atom is 0.172 e. The van der Waals surface area contributed by atoms with Gasteiger partial charge in [0.1, 0.15) is 5.75 Å². The Hall–Kier alpha value is -1.90. The van der Waals surface area contributed by atoms with E-state index in [1.165, 1.54) is 77.0 Å². The minimum absolute atomic E-state index is 0.718. The topological polar surface area (TPSA) is 27.7 Å². The molecule has 0 saturated heterocycles. The van der Waals surface area contributed by atoms with Crippen molar-refractivity contribution in [3.8, 4) is 17.2 Å². The maximum atomic E-state index is 6.29. The van der Waals surface area contributed by atoms with E-state index in [4.69, 9.17) is 14.2 Å².